The predicted molar refractivity (Wildman–Crippen MR) is 85.7 cm³/mol. The van der Waals surface area contributed by atoms with E-state index in [0.29, 0.717) is 0 Å². The van der Waals surface area contributed by atoms with Gasteiger partial charge in [-0.25, -0.2) is 0 Å². The highest BCUT2D eigenvalue weighted by Gasteiger charge is 2.20. The zero-order valence-electron chi connectivity index (χ0n) is 13.4. The minimum atomic E-state index is -0.447. The standard InChI is InChI=1S/C18H27NO2/c1-4-8-13(2)19-18(20)14(3)21-17-12-7-10-15-9-5-6-11-16(15)17/h7,10,12-14H,4-6,8-9,11H2,1-3H3,(H,19,20)/t13-,14-/m1/s1. The lowest BCUT2D eigenvalue weighted by Gasteiger charge is -2.23. The van der Waals surface area contributed by atoms with Gasteiger partial charge in [-0.2, -0.15) is 0 Å². The van der Waals surface area contributed by atoms with Crippen molar-refractivity contribution in [3.8, 4) is 5.75 Å². The first-order valence-corrected chi connectivity index (χ1v) is 8.19. The molecule has 2 atom stereocenters. The van der Waals surface area contributed by atoms with Crippen LogP contribution in [0.2, 0.25) is 0 Å². The Bertz CT molecular complexity index is 484. The summed E-state index contributed by atoms with van der Waals surface area (Å²) >= 11 is 0. The van der Waals surface area contributed by atoms with Crippen LogP contribution in [0.3, 0.4) is 0 Å². The molecule has 21 heavy (non-hydrogen) atoms. The normalized spacial score (nSPS) is 16.7. The summed E-state index contributed by atoms with van der Waals surface area (Å²) in [5.41, 5.74) is 2.68. The summed E-state index contributed by atoms with van der Waals surface area (Å²) in [7, 11) is 0. The molecule has 0 saturated carbocycles. The summed E-state index contributed by atoms with van der Waals surface area (Å²) in [5, 5.41) is 3.02. The van der Waals surface area contributed by atoms with E-state index in [4.69, 9.17) is 4.74 Å². The number of nitrogens with one attached hydrogen (secondary N) is 1. The number of amides is 1. The highest BCUT2D eigenvalue weighted by Crippen LogP contribution is 2.30. The molecule has 3 nitrogen and oxygen atoms in total. The quantitative estimate of drug-likeness (QED) is 0.868. The molecule has 1 aromatic rings. The van der Waals surface area contributed by atoms with Gasteiger partial charge in [0.1, 0.15) is 5.75 Å². The van der Waals surface area contributed by atoms with Crippen molar-refractivity contribution in [2.75, 3.05) is 0 Å². The zero-order chi connectivity index (χ0) is 15.2. The number of carbonyl (C=O) groups is 1. The second-order valence-electron chi connectivity index (χ2n) is 6.06. The van der Waals surface area contributed by atoms with Crippen LogP contribution in [0.15, 0.2) is 18.2 Å². The predicted octanol–water partition coefficient (Wildman–Crippen LogP) is 3.64. The van der Waals surface area contributed by atoms with Crippen LogP contribution in [0.1, 0.15) is 57.6 Å². The first-order valence-electron chi connectivity index (χ1n) is 8.19. The first kappa shape index (κ1) is 15.9. The Morgan fingerprint density at radius 2 is 2.05 bits per heavy atom. The number of hydrogen-bond acceptors (Lipinski definition) is 2. The third-order valence-electron chi connectivity index (χ3n) is 4.14. The molecule has 2 rings (SSSR count). The van der Waals surface area contributed by atoms with Crippen molar-refractivity contribution in [3.63, 3.8) is 0 Å². The summed E-state index contributed by atoms with van der Waals surface area (Å²) in [6.07, 6.45) is 6.27. The van der Waals surface area contributed by atoms with Gasteiger partial charge in [0.15, 0.2) is 6.10 Å². The van der Waals surface area contributed by atoms with Crippen LogP contribution in [-0.2, 0) is 17.6 Å². The van der Waals surface area contributed by atoms with Gasteiger partial charge in [-0.1, -0.05) is 25.5 Å². The van der Waals surface area contributed by atoms with Gasteiger partial charge in [0.2, 0.25) is 0 Å². The summed E-state index contributed by atoms with van der Waals surface area (Å²) in [5.74, 6) is 0.863. The van der Waals surface area contributed by atoms with Crippen LogP contribution in [0, 0.1) is 0 Å². The van der Waals surface area contributed by atoms with Gasteiger partial charge >= 0.3 is 0 Å². The number of hydrogen-bond donors (Lipinski definition) is 1. The van der Waals surface area contributed by atoms with Crippen molar-refractivity contribution in [2.45, 2.75) is 71.4 Å². The molecule has 0 fully saturated rings. The second kappa shape index (κ2) is 7.48. The minimum Gasteiger partial charge on any atom is -0.481 e. The number of aryl methyl sites for hydroxylation is 1. The van der Waals surface area contributed by atoms with Gasteiger partial charge in [-0.05, 0) is 63.1 Å². The molecule has 1 N–H and O–H groups in total. The average Bonchev–Trinajstić information content (AvgIpc) is 2.47. The van der Waals surface area contributed by atoms with Crippen LogP contribution in [0.25, 0.3) is 0 Å². The van der Waals surface area contributed by atoms with Crippen LogP contribution in [0.5, 0.6) is 5.75 Å². The van der Waals surface area contributed by atoms with Gasteiger partial charge < -0.3 is 10.1 Å². The van der Waals surface area contributed by atoms with Crippen molar-refractivity contribution in [2.24, 2.45) is 0 Å². The van der Waals surface area contributed by atoms with Crippen molar-refractivity contribution in [3.05, 3.63) is 29.3 Å². The van der Waals surface area contributed by atoms with Gasteiger partial charge in [0.05, 0.1) is 0 Å². The maximum atomic E-state index is 12.2. The SMILES string of the molecule is CCC[C@@H](C)NC(=O)[C@@H](C)Oc1cccc2c1CCCC2. The Morgan fingerprint density at radius 1 is 1.29 bits per heavy atom. The Kier molecular flexibility index (Phi) is 5.66. The molecule has 0 aromatic heterocycles. The highest BCUT2D eigenvalue weighted by atomic mass is 16.5. The lowest BCUT2D eigenvalue weighted by atomic mass is 9.91. The molecule has 0 unspecified atom stereocenters. The molecule has 3 heteroatoms. The number of carbonyl (C=O) groups excluding carboxylic acids is 1. The third kappa shape index (κ3) is 4.23. The maximum absolute atomic E-state index is 12.2. The fraction of sp³-hybridized carbons (Fsp3) is 0.611. The van der Waals surface area contributed by atoms with E-state index >= 15 is 0 Å². The summed E-state index contributed by atoms with van der Waals surface area (Å²) in [6, 6.07) is 6.40. The van der Waals surface area contributed by atoms with Gasteiger partial charge in [0, 0.05) is 6.04 Å². The zero-order valence-corrected chi connectivity index (χ0v) is 13.4. The third-order valence-corrected chi connectivity index (χ3v) is 4.14. The molecule has 1 aliphatic carbocycles. The number of ether oxygens (including phenoxy) is 1. The molecule has 0 bridgehead atoms. The fourth-order valence-corrected chi connectivity index (χ4v) is 2.97. The van der Waals surface area contributed by atoms with Gasteiger partial charge in [0.25, 0.3) is 5.91 Å². The summed E-state index contributed by atoms with van der Waals surface area (Å²) in [6.45, 7) is 5.99. The fourth-order valence-electron chi connectivity index (χ4n) is 2.97. The Hall–Kier alpha value is -1.51. The summed E-state index contributed by atoms with van der Waals surface area (Å²) < 4.78 is 5.94. The lowest BCUT2D eigenvalue weighted by molar-refractivity contribution is -0.127. The molecule has 1 aromatic carbocycles. The molecule has 1 aliphatic rings. The molecule has 0 saturated heterocycles. The average molecular weight is 289 g/mol. The minimum absolute atomic E-state index is 0.0237. The van der Waals surface area contributed by atoms with Crippen LogP contribution in [0.4, 0.5) is 0 Å². The van der Waals surface area contributed by atoms with E-state index < -0.39 is 6.10 Å². The van der Waals surface area contributed by atoms with Gasteiger partial charge in [-0.3, -0.25) is 4.79 Å². The topological polar surface area (TPSA) is 38.3 Å². The van der Waals surface area contributed by atoms with E-state index in [1.165, 1.54) is 24.0 Å². The Balaban J connectivity index is 1.99. The number of benzene rings is 1. The van der Waals surface area contributed by atoms with Crippen molar-refractivity contribution in [1.29, 1.82) is 0 Å². The van der Waals surface area contributed by atoms with Crippen molar-refractivity contribution >= 4 is 5.91 Å². The van der Waals surface area contributed by atoms with E-state index in [1.54, 1.807) is 0 Å². The first-order chi connectivity index (χ1) is 10.1. The smallest absolute Gasteiger partial charge is 0.260 e. The van der Waals surface area contributed by atoms with Crippen LogP contribution >= 0.6 is 0 Å². The number of rotatable bonds is 6. The summed E-state index contributed by atoms with van der Waals surface area (Å²) in [4.78, 5) is 12.2. The van der Waals surface area contributed by atoms with Crippen LogP contribution in [-0.4, -0.2) is 18.1 Å². The number of fused-ring (bicyclic) bond motifs is 1. The maximum Gasteiger partial charge on any atom is 0.260 e. The van der Waals surface area contributed by atoms with E-state index in [-0.39, 0.29) is 11.9 Å². The molecule has 1 amide bonds. The monoisotopic (exact) mass is 289 g/mol. The molecule has 0 heterocycles. The Morgan fingerprint density at radius 3 is 2.81 bits per heavy atom. The van der Waals surface area contributed by atoms with E-state index in [0.717, 1.165) is 31.4 Å². The molecule has 116 valence electrons. The lowest BCUT2D eigenvalue weighted by Crippen LogP contribution is -2.41. The van der Waals surface area contributed by atoms with Crippen molar-refractivity contribution < 1.29 is 9.53 Å². The van der Waals surface area contributed by atoms with Crippen LogP contribution < -0.4 is 10.1 Å². The molecular formula is C18H27NO2. The largest absolute Gasteiger partial charge is 0.481 e. The molecule has 0 aliphatic heterocycles. The van der Waals surface area contributed by atoms with Gasteiger partial charge in [-0.15, -0.1) is 0 Å². The van der Waals surface area contributed by atoms with E-state index in [1.807, 2.05) is 26.0 Å². The van der Waals surface area contributed by atoms with Crippen molar-refractivity contribution in [1.82, 2.24) is 5.32 Å². The second-order valence-corrected chi connectivity index (χ2v) is 6.06. The Labute approximate surface area is 128 Å². The molecule has 0 spiro atoms. The van der Waals surface area contributed by atoms with E-state index in [2.05, 4.69) is 18.3 Å². The molecular weight excluding hydrogens is 262 g/mol. The molecule has 0 radical (unpaired) electrons. The highest BCUT2D eigenvalue weighted by molar-refractivity contribution is 5.81. The van der Waals surface area contributed by atoms with E-state index in [9.17, 15) is 4.79 Å².